The van der Waals surface area contributed by atoms with Crippen molar-refractivity contribution in [3.63, 3.8) is 0 Å². The molecule has 0 spiro atoms. The second kappa shape index (κ2) is 6.25. The van der Waals surface area contributed by atoms with Gasteiger partial charge in [-0.2, -0.15) is 0 Å². The van der Waals surface area contributed by atoms with E-state index >= 15 is 0 Å². The molecule has 0 aliphatic carbocycles. The van der Waals surface area contributed by atoms with Crippen molar-refractivity contribution in [2.75, 3.05) is 13.1 Å². The lowest BCUT2D eigenvalue weighted by molar-refractivity contribution is -0.142. The second-order valence-corrected chi connectivity index (χ2v) is 5.56. The molecule has 3 nitrogen and oxygen atoms in total. The number of hydrogen-bond donors (Lipinski definition) is 2. The maximum Gasteiger partial charge on any atom is 0.306 e. The lowest BCUT2D eigenvalue weighted by Gasteiger charge is -2.17. The number of halogens is 1. The summed E-state index contributed by atoms with van der Waals surface area (Å²) >= 11 is 5.53. The molecular formula is C10H20ClNO2. The first kappa shape index (κ1) is 13.7. The molecular weight excluding hydrogens is 202 g/mol. The van der Waals surface area contributed by atoms with Gasteiger partial charge in [0, 0.05) is 4.87 Å². The predicted molar refractivity (Wildman–Crippen MR) is 58.8 cm³/mol. The van der Waals surface area contributed by atoms with Gasteiger partial charge in [-0.1, -0.05) is 0 Å². The average Bonchev–Trinajstić information content (AvgIpc) is 2.03. The van der Waals surface area contributed by atoms with Crippen molar-refractivity contribution in [2.24, 2.45) is 5.92 Å². The highest BCUT2D eigenvalue weighted by Gasteiger charge is 2.18. The van der Waals surface area contributed by atoms with Gasteiger partial charge >= 0.3 is 5.97 Å². The zero-order chi connectivity index (χ0) is 11.2. The van der Waals surface area contributed by atoms with Crippen LogP contribution in [0.1, 0.15) is 33.6 Å². The minimum Gasteiger partial charge on any atom is -0.481 e. The van der Waals surface area contributed by atoms with Crippen LogP contribution in [0.15, 0.2) is 0 Å². The van der Waals surface area contributed by atoms with Crippen molar-refractivity contribution >= 4 is 17.6 Å². The van der Waals surface area contributed by atoms with Gasteiger partial charge in [0.2, 0.25) is 0 Å². The Morgan fingerprint density at radius 1 is 1.36 bits per heavy atom. The molecule has 14 heavy (non-hydrogen) atoms. The number of hydrogen-bond acceptors (Lipinski definition) is 2. The first-order valence-electron chi connectivity index (χ1n) is 4.93. The third-order valence-electron chi connectivity index (χ3n) is 1.69. The van der Waals surface area contributed by atoms with Crippen molar-refractivity contribution in [2.45, 2.75) is 38.5 Å². The summed E-state index contributed by atoms with van der Waals surface area (Å²) in [4.78, 5) is 10.3. The van der Waals surface area contributed by atoms with Crippen LogP contribution in [0.25, 0.3) is 0 Å². The van der Waals surface area contributed by atoms with Gasteiger partial charge in [-0.3, -0.25) is 4.79 Å². The lowest BCUT2D eigenvalue weighted by atomic mass is 9.99. The van der Waals surface area contributed by atoms with Crippen molar-refractivity contribution in [1.82, 2.24) is 5.32 Å². The largest absolute Gasteiger partial charge is 0.481 e. The minimum atomic E-state index is -0.642. The summed E-state index contributed by atoms with van der Waals surface area (Å²) in [7, 11) is 0. The SMILES string of the molecule is CC(C)(C)Cl.O=C(O)C1CCNCC1. The van der Waals surface area contributed by atoms with E-state index in [1.807, 2.05) is 20.8 Å². The van der Waals surface area contributed by atoms with Crippen molar-refractivity contribution in [3.05, 3.63) is 0 Å². The summed E-state index contributed by atoms with van der Waals surface area (Å²) < 4.78 is 0. The van der Waals surface area contributed by atoms with E-state index in [0.717, 1.165) is 25.9 Å². The van der Waals surface area contributed by atoms with Gasteiger partial charge in [-0.25, -0.2) is 0 Å². The number of carboxylic acid groups (broad SMARTS) is 1. The molecule has 0 aromatic heterocycles. The number of nitrogens with one attached hydrogen (secondary N) is 1. The fourth-order valence-corrected chi connectivity index (χ4v) is 1.07. The molecule has 0 saturated carbocycles. The Hall–Kier alpha value is -0.280. The highest BCUT2D eigenvalue weighted by atomic mass is 35.5. The van der Waals surface area contributed by atoms with Crippen LogP contribution in [-0.4, -0.2) is 29.0 Å². The molecule has 0 unspecified atom stereocenters. The van der Waals surface area contributed by atoms with Crippen LogP contribution in [-0.2, 0) is 4.79 Å². The zero-order valence-corrected chi connectivity index (χ0v) is 9.90. The van der Waals surface area contributed by atoms with Crippen LogP contribution < -0.4 is 5.32 Å². The molecule has 0 aromatic rings. The average molecular weight is 222 g/mol. The molecule has 1 saturated heterocycles. The van der Waals surface area contributed by atoms with Crippen molar-refractivity contribution < 1.29 is 9.90 Å². The summed E-state index contributed by atoms with van der Waals surface area (Å²) in [6.45, 7) is 7.58. The molecule has 0 aromatic carbocycles. The van der Waals surface area contributed by atoms with Crippen LogP contribution in [0.4, 0.5) is 0 Å². The molecule has 0 atom stereocenters. The van der Waals surface area contributed by atoms with Crippen molar-refractivity contribution in [3.8, 4) is 0 Å². The third kappa shape index (κ3) is 9.81. The zero-order valence-electron chi connectivity index (χ0n) is 9.14. The van der Waals surface area contributed by atoms with E-state index in [0.29, 0.717) is 0 Å². The summed E-state index contributed by atoms with van der Waals surface area (Å²) in [6.07, 6.45) is 1.57. The van der Waals surface area contributed by atoms with Gasteiger partial charge in [-0.15, -0.1) is 11.6 Å². The molecule has 1 aliphatic rings. The van der Waals surface area contributed by atoms with E-state index in [1.54, 1.807) is 0 Å². The normalized spacial score (nSPS) is 18.3. The van der Waals surface area contributed by atoms with Gasteiger partial charge in [0.05, 0.1) is 5.92 Å². The monoisotopic (exact) mass is 221 g/mol. The molecule has 1 aliphatic heterocycles. The molecule has 1 heterocycles. The first-order valence-corrected chi connectivity index (χ1v) is 5.31. The maximum atomic E-state index is 10.3. The second-order valence-electron chi connectivity index (χ2n) is 4.43. The smallest absolute Gasteiger partial charge is 0.306 e. The highest BCUT2D eigenvalue weighted by molar-refractivity contribution is 6.23. The van der Waals surface area contributed by atoms with Crippen LogP contribution >= 0.6 is 11.6 Å². The van der Waals surface area contributed by atoms with Crippen molar-refractivity contribution in [1.29, 1.82) is 0 Å². The van der Waals surface area contributed by atoms with Gasteiger partial charge in [0.15, 0.2) is 0 Å². The first-order chi connectivity index (χ1) is 6.30. The van der Waals surface area contributed by atoms with Gasteiger partial charge in [0.1, 0.15) is 0 Å². The number of alkyl halides is 1. The molecule has 1 fully saturated rings. The summed E-state index contributed by atoms with van der Waals surface area (Å²) in [6, 6.07) is 0. The number of carboxylic acids is 1. The molecule has 0 amide bonds. The third-order valence-corrected chi connectivity index (χ3v) is 1.69. The molecule has 4 heteroatoms. The van der Waals surface area contributed by atoms with Crippen LogP contribution in [0, 0.1) is 5.92 Å². The van der Waals surface area contributed by atoms with Gasteiger partial charge in [-0.05, 0) is 46.7 Å². The van der Waals surface area contributed by atoms with Gasteiger partial charge in [0.25, 0.3) is 0 Å². The number of rotatable bonds is 1. The fourth-order valence-electron chi connectivity index (χ4n) is 1.07. The molecule has 1 rings (SSSR count). The van der Waals surface area contributed by atoms with E-state index in [2.05, 4.69) is 5.32 Å². The van der Waals surface area contributed by atoms with Crippen LogP contribution in [0.2, 0.25) is 0 Å². The lowest BCUT2D eigenvalue weighted by Crippen LogP contribution is -2.31. The van der Waals surface area contributed by atoms with E-state index in [-0.39, 0.29) is 10.8 Å². The van der Waals surface area contributed by atoms with E-state index in [4.69, 9.17) is 16.7 Å². The molecule has 2 N–H and O–H groups in total. The number of aliphatic carboxylic acids is 1. The maximum absolute atomic E-state index is 10.3. The Balaban J connectivity index is 0.000000292. The van der Waals surface area contributed by atoms with E-state index in [9.17, 15) is 4.79 Å². The molecule has 84 valence electrons. The van der Waals surface area contributed by atoms with Crippen LogP contribution in [0.5, 0.6) is 0 Å². The molecule has 0 bridgehead atoms. The van der Waals surface area contributed by atoms with Gasteiger partial charge < -0.3 is 10.4 Å². The summed E-state index contributed by atoms with van der Waals surface area (Å²) in [5.41, 5.74) is 0. The standard InChI is InChI=1S/C6H11NO2.C4H9Cl/c8-6(9)5-1-3-7-4-2-5;1-4(2,3)5/h5,7H,1-4H2,(H,8,9);1-3H3. The Morgan fingerprint density at radius 3 is 1.93 bits per heavy atom. The highest BCUT2D eigenvalue weighted by Crippen LogP contribution is 2.10. The Bertz CT molecular complexity index is 165. The minimum absolute atomic E-state index is 0.0278. The van der Waals surface area contributed by atoms with Crippen LogP contribution in [0.3, 0.4) is 0 Å². The topological polar surface area (TPSA) is 49.3 Å². The van der Waals surface area contributed by atoms with E-state index in [1.165, 1.54) is 0 Å². The fraction of sp³-hybridized carbons (Fsp3) is 0.900. The Morgan fingerprint density at radius 2 is 1.71 bits per heavy atom. The molecule has 0 radical (unpaired) electrons. The Labute approximate surface area is 90.8 Å². The summed E-state index contributed by atoms with van der Waals surface area (Å²) in [5, 5.41) is 11.6. The Kier molecular flexibility index (Phi) is 6.12. The summed E-state index contributed by atoms with van der Waals surface area (Å²) in [5.74, 6) is -0.734. The number of carbonyl (C=O) groups is 1. The van der Waals surface area contributed by atoms with E-state index < -0.39 is 5.97 Å². The quantitative estimate of drug-likeness (QED) is 0.667. The number of piperidine rings is 1. The predicted octanol–water partition coefficient (Wildman–Crippen LogP) is 2.09.